The summed E-state index contributed by atoms with van der Waals surface area (Å²) in [5, 5.41) is 0. The Bertz CT molecular complexity index is 371. The van der Waals surface area contributed by atoms with Gasteiger partial charge in [-0.15, -0.1) is 0 Å². The third kappa shape index (κ3) is 1.52. The van der Waals surface area contributed by atoms with Gasteiger partial charge in [0, 0.05) is 24.8 Å². The summed E-state index contributed by atoms with van der Waals surface area (Å²) in [6.07, 6.45) is 5.34. The Balaban J connectivity index is 1.84. The fraction of sp³-hybridized carbons (Fsp3) is 0.571. The standard InChI is InChI=1S/C14H20N2/c15-10-14(11-5-3-6-11)16-9-8-12-4-1-2-7-13(12)16/h1-2,4,7,11,14H,3,5-6,8-10,15H2. The highest BCUT2D eigenvalue weighted by Gasteiger charge is 2.33. The van der Waals surface area contributed by atoms with E-state index in [4.69, 9.17) is 5.73 Å². The molecular formula is C14H20N2. The molecule has 1 aromatic rings. The molecule has 0 aromatic heterocycles. The summed E-state index contributed by atoms with van der Waals surface area (Å²) in [5.74, 6) is 0.844. The Morgan fingerprint density at radius 1 is 1.31 bits per heavy atom. The van der Waals surface area contributed by atoms with Crippen molar-refractivity contribution < 1.29 is 0 Å². The SMILES string of the molecule is NCC(C1CCC1)N1CCc2ccccc21. The van der Waals surface area contributed by atoms with Gasteiger partial charge in [-0.25, -0.2) is 0 Å². The normalized spacial score (nSPS) is 21.7. The first-order valence-electron chi connectivity index (χ1n) is 6.45. The highest BCUT2D eigenvalue weighted by atomic mass is 15.2. The predicted octanol–water partition coefficient (Wildman–Crippen LogP) is 2.18. The summed E-state index contributed by atoms with van der Waals surface area (Å²) in [4.78, 5) is 2.55. The first-order chi connectivity index (χ1) is 7.90. The van der Waals surface area contributed by atoms with E-state index in [0.717, 1.165) is 19.0 Å². The van der Waals surface area contributed by atoms with Crippen LogP contribution in [0.15, 0.2) is 24.3 Å². The molecule has 86 valence electrons. The van der Waals surface area contributed by atoms with Crippen LogP contribution in [0.25, 0.3) is 0 Å². The molecule has 2 heteroatoms. The van der Waals surface area contributed by atoms with Crippen LogP contribution in [-0.4, -0.2) is 19.1 Å². The maximum atomic E-state index is 5.98. The smallest absolute Gasteiger partial charge is 0.0440 e. The summed E-state index contributed by atoms with van der Waals surface area (Å²) >= 11 is 0. The lowest BCUT2D eigenvalue weighted by atomic mass is 9.79. The fourth-order valence-corrected chi connectivity index (χ4v) is 3.11. The zero-order valence-electron chi connectivity index (χ0n) is 9.73. The van der Waals surface area contributed by atoms with Crippen molar-refractivity contribution in [1.29, 1.82) is 0 Å². The highest BCUT2D eigenvalue weighted by molar-refractivity contribution is 5.58. The largest absolute Gasteiger partial charge is 0.366 e. The van der Waals surface area contributed by atoms with E-state index in [-0.39, 0.29) is 0 Å². The molecule has 2 nitrogen and oxygen atoms in total. The van der Waals surface area contributed by atoms with Crippen LogP contribution >= 0.6 is 0 Å². The van der Waals surface area contributed by atoms with Crippen molar-refractivity contribution in [2.75, 3.05) is 18.0 Å². The predicted molar refractivity (Wildman–Crippen MR) is 67.7 cm³/mol. The van der Waals surface area contributed by atoms with E-state index in [1.165, 1.54) is 36.9 Å². The lowest BCUT2D eigenvalue weighted by molar-refractivity contribution is 0.257. The number of hydrogen-bond acceptors (Lipinski definition) is 2. The van der Waals surface area contributed by atoms with Gasteiger partial charge in [0.2, 0.25) is 0 Å². The molecule has 1 atom stereocenters. The average Bonchev–Trinajstić information content (AvgIpc) is 2.67. The minimum atomic E-state index is 0.581. The second-order valence-electron chi connectivity index (χ2n) is 5.07. The minimum Gasteiger partial charge on any atom is -0.366 e. The number of fused-ring (bicyclic) bond motifs is 1. The molecule has 1 aliphatic carbocycles. The zero-order valence-corrected chi connectivity index (χ0v) is 9.73. The first kappa shape index (κ1) is 10.2. The van der Waals surface area contributed by atoms with Crippen molar-refractivity contribution >= 4 is 5.69 Å². The van der Waals surface area contributed by atoms with Crippen LogP contribution < -0.4 is 10.6 Å². The molecule has 16 heavy (non-hydrogen) atoms. The molecule has 1 aliphatic heterocycles. The van der Waals surface area contributed by atoms with Gasteiger partial charge in [0.15, 0.2) is 0 Å². The molecule has 3 rings (SSSR count). The van der Waals surface area contributed by atoms with Crippen molar-refractivity contribution in [2.45, 2.75) is 31.7 Å². The summed E-state index contributed by atoms with van der Waals surface area (Å²) in [6.45, 7) is 1.97. The van der Waals surface area contributed by atoms with Gasteiger partial charge in [-0.2, -0.15) is 0 Å². The molecule has 2 N–H and O–H groups in total. The minimum absolute atomic E-state index is 0.581. The third-order valence-corrected chi connectivity index (χ3v) is 4.26. The molecule has 1 aromatic carbocycles. The number of rotatable bonds is 3. The fourth-order valence-electron chi connectivity index (χ4n) is 3.11. The molecule has 0 saturated heterocycles. The number of benzene rings is 1. The number of anilines is 1. The van der Waals surface area contributed by atoms with Crippen LogP contribution in [-0.2, 0) is 6.42 Å². The molecule has 0 radical (unpaired) electrons. The lowest BCUT2D eigenvalue weighted by Crippen LogP contribution is -2.47. The average molecular weight is 216 g/mol. The molecule has 0 spiro atoms. The van der Waals surface area contributed by atoms with Crippen molar-refractivity contribution in [2.24, 2.45) is 11.7 Å². The molecule has 1 saturated carbocycles. The Hall–Kier alpha value is -1.02. The van der Waals surface area contributed by atoms with E-state index < -0.39 is 0 Å². The highest BCUT2D eigenvalue weighted by Crippen LogP contribution is 2.37. The Morgan fingerprint density at radius 3 is 2.81 bits per heavy atom. The maximum absolute atomic E-state index is 5.98. The van der Waals surface area contributed by atoms with Gasteiger partial charge in [0.1, 0.15) is 0 Å². The molecule has 0 amide bonds. The van der Waals surface area contributed by atoms with Crippen LogP contribution in [0.4, 0.5) is 5.69 Å². The first-order valence-corrected chi connectivity index (χ1v) is 6.45. The lowest BCUT2D eigenvalue weighted by Gasteiger charge is -2.40. The molecule has 1 fully saturated rings. The second-order valence-corrected chi connectivity index (χ2v) is 5.07. The summed E-state index contributed by atoms with van der Waals surface area (Å²) in [5.41, 5.74) is 8.91. The van der Waals surface area contributed by atoms with Gasteiger partial charge in [-0.3, -0.25) is 0 Å². The van der Waals surface area contributed by atoms with Gasteiger partial charge in [0.25, 0.3) is 0 Å². The summed E-state index contributed by atoms with van der Waals surface area (Å²) in [7, 11) is 0. The van der Waals surface area contributed by atoms with Crippen LogP contribution in [0, 0.1) is 5.92 Å². The van der Waals surface area contributed by atoms with E-state index in [0.29, 0.717) is 6.04 Å². The van der Waals surface area contributed by atoms with E-state index in [2.05, 4.69) is 29.2 Å². The summed E-state index contributed by atoms with van der Waals surface area (Å²) < 4.78 is 0. The van der Waals surface area contributed by atoms with Crippen LogP contribution in [0.1, 0.15) is 24.8 Å². The van der Waals surface area contributed by atoms with Crippen LogP contribution in [0.2, 0.25) is 0 Å². The second kappa shape index (κ2) is 4.10. The molecule has 2 aliphatic rings. The number of para-hydroxylation sites is 1. The molecule has 1 unspecified atom stereocenters. The third-order valence-electron chi connectivity index (χ3n) is 4.26. The van der Waals surface area contributed by atoms with E-state index >= 15 is 0 Å². The number of nitrogens with zero attached hydrogens (tertiary/aromatic N) is 1. The molecular weight excluding hydrogens is 196 g/mol. The van der Waals surface area contributed by atoms with Crippen LogP contribution in [0.3, 0.4) is 0 Å². The van der Waals surface area contributed by atoms with Crippen molar-refractivity contribution in [3.63, 3.8) is 0 Å². The number of hydrogen-bond donors (Lipinski definition) is 1. The van der Waals surface area contributed by atoms with Crippen molar-refractivity contribution in [3.05, 3.63) is 29.8 Å². The van der Waals surface area contributed by atoms with Crippen molar-refractivity contribution in [3.8, 4) is 0 Å². The Kier molecular flexibility index (Phi) is 2.60. The number of nitrogens with two attached hydrogens (primary N) is 1. The monoisotopic (exact) mass is 216 g/mol. The Labute approximate surface area is 97.4 Å². The van der Waals surface area contributed by atoms with Gasteiger partial charge in [0.05, 0.1) is 0 Å². The van der Waals surface area contributed by atoms with E-state index in [1.807, 2.05) is 0 Å². The van der Waals surface area contributed by atoms with E-state index in [1.54, 1.807) is 0 Å². The zero-order chi connectivity index (χ0) is 11.0. The quantitative estimate of drug-likeness (QED) is 0.839. The summed E-state index contributed by atoms with van der Waals surface area (Å²) in [6, 6.07) is 9.37. The van der Waals surface area contributed by atoms with Gasteiger partial charge in [-0.05, 0) is 36.8 Å². The van der Waals surface area contributed by atoms with E-state index in [9.17, 15) is 0 Å². The van der Waals surface area contributed by atoms with Crippen molar-refractivity contribution in [1.82, 2.24) is 0 Å². The molecule has 0 bridgehead atoms. The van der Waals surface area contributed by atoms with Gasteiger partial charge < -0.3 is 10.6 Å². The van der Waals surface area contributed by atoms with Crippen LogP contribution in [0.5, 0.6) is 0 Å². The van der Waals surface area contributed by atoms with Gasteiger partial charge >= 0.3 is 0 Å². The maximum Gasteiger partial charge on any atom is 0.0440 e. The Morgan fingerprint density at radius 2 is 2.12 bits per heavy atom. The topological polar surface area (TPSA) is 29.3 Å². The molecule has 1 heterocycles. The van der Waals surface area contributed by atoms with Gasteiger partial charge in [-0.1, -0.05) is 24.6 Å².